The summed E-state index contributed by atoms with van der Waals surface area (Å²) >= 11 is 0. The number of carbonyl (C=O) groups is 1. The number of rotatable bonds is 3. The Kier molecular flexibility index (Phi) is 5.22. The van der Waals surface area contributed by atoms with Gasteiger partial charge in [-0.25, -0.2) is 0 Å². The van der Waals surface area contributed by atoms with Gasteiger partial charge in [0.1, 0.15) is 0 Å². The van der Waals surface area contributed by atoms with E-state index in [0.29, 0.717) is 0 Å². The predicted octanol–water partition coefficient (Wildman–Crippen LogP) is 3.89. The number of likely N-dealkylation sites (tertiary alicyclic amines) is 1. The predicted molar refractivity (Wildman–Crippen MR) is 107 cm³/mol. The summed E-state index contributed by atoms with van der Waals surface area (Å²) in [6.45, 7) is 6.81. The first-order chi connectivity index (χ1) is 13.1. The van der Waals surface area contributed by atoms with Gasteiger partial charge in [-0.05, 0) is 56.4 Å². The van der Waals surface area contributed by atoms with Crippen molar-refractivity contribution in [1.82, 2.24) is 4.90 Å². The largest absolute Gasteiger partial charge is 0.410 e. The molecule has 3 aliphatic rings. The lowest BCUT2D eigenvalue weighted by Crippen LogP contribution is -2.50. The molecule has 0 unspecified atom stereocenters. The summed E-state index contributed by atoms with van der Waals surface area (Å²) in [5.74, 6) is 1.55. The molecular formula is C22H31N3O2. The minimum absolute atomic E-state index is 0.158. The van der Waals surface area contributed by atoms with E-state index in [9.17, 15) is 10.0 Å². The second kappa shape index (κ2) is 7.63. The number of hydrogen-bond acceptors (Lipinski definition) is 4. The van der Waals surface area contributed by atoms with Crippen molar-refractivity contribution in [3.63, 3.8) is 0 Å². The Hall–Kier alpha value is -1.88. The number of hydrogen-bond donors (Lipinski definition) is 1. The molecule has 1 saturated carbocycles. The number of amides is 1. The maximum absolute atomic E-state index is 12.8. The minimum atomic E-state index is -0.158. The monoisotopic (exact) mass is 369 g/mol. The van der Waals surface area contributed by atoms with Crippen LogP contribution < -0.4 is 4.90 Å². The molecule has 2 fully saturated rings. The van der Waals surface area contributed by atoms with Crippen molar-refractivity contribution in [2.45, 2.75) is 64.5 Å². The van der Waals surface area contributed by atoms with E-state index in [1.165, 1.54) is 25.7 Å². The van der Waals surface area contributed by atoms with Crippen molar-refractivity contribution in [2.24, 2.45) is 17.0 Å². The zero-order valence-corrected chi connectivity index (χ0v) is 16.5. The van der Waals surface area contributed by atoms with Crippen LogP contribution in [0.1, 0.15) is 57.9 Å². The number of oxime groups is 1. The summed E-state index contributed by atoms with van der Waals surface area (Å²) in [5.41, 5.74) is 1.82. The number of fused-ring (bicyclic) bond motifs is 1. The maximum atomic E-state index is 12.8. The molecule has 2 heterocycles. The number of benzene rings is 1. The topological polar surface area (TPSA) is 56.1 Å². The molecule has 1 aromatic carbocycles. The van der Waals surface area contributed by atoms with Gasteiger partial charge in [-0.3, -0.25) is 4.79 Å². The first kappa shape index (κ1) is 18.5. The van der Waals surface area contributed by atoms with Crippen molar-refractivity contribution < 1.29 is 10.0 Å². The highest BCUT2D eigenvalue weighted by Crippen LogP contribution is 2.36. The number of para-hydroxylation sites is 1. The lowest BCUT2D eigenvalue weighted by molar-refractivity contribution is -0.113. The van der Waals surface area contributed by atoms with Crippen LogP contribution in [0.5, 0.6) is 0 Å². The molecule has 0 spiro atoms. The maximum Gasteiger partial charge on any atom is 0.281 e. The highest BCUT2D eigenvalue weighted by atomic mass is 16.4. The van der Waals surface area contributed by atoms with Crippen LogP contribution in [0.4, 0.5) is 5.69 Å². The van der Waals surface area contributed by atoms with Crippen LogP contribution in [-0.4, -0.2) is 46.9 Å². The Morgan fingerprint density at radius 3 is 2.30 bits per heavy atom. The van der Waals surface area contributed by atoms with Gasteiger partial charge in [0.05, 0.1) is 5.69 Å². The zero-order valence-electron chi connectivity index (χ0n) is 16.5. The third-order valence-corrected chi connectivity index (χ3v) is 7.00. The van der Waals surface area contributed by atoms with Crippen LogP contribution in [-0.2, 0) is 4.79 Å². The average molecular weight is 370 g/mol. The zero-order chi connectivity index (χ0) is 19.0. The molecule has 1 aliphatic carbocycles. The van der Waals surface area contributed by atoms with Crippen LogP contribution in [0.2, 0.25) is 0 Å². The van der Waals surface area contributed by atoms with Gasteiger partial charge in [0.15, 0.2) is 5.71 Å². The third-order valence-electron chi connectivity index (χ3n) is 7.00. The molecule has 4 rings (SSSR count). The summed E-state index contributed by atoms with van der Waals surface area (Å²) in [6, 6.07) is 8.58. The van der Waals surface area contributed by atoms with E-state index in [1.807, 2.05) is 29.2 Å². The van der Waals surface area contributed by atoms with Gasteiger partial charge in [-0.15, -0.1) is 0 Å². The molecule has 1 saturated heterocycles. The number of carbonyl (C=O) groups excluding carboxylic acids is 1. The van der Waals surface area contributed by atoms with Gasteiger partial charge in [0.2, 0.25) is 0 Å². The minimum Gasteiger partial charge on any atom is -0.410 e. The van der Waals surface area contributed by atoms with Crippen LogP contribution in [0.25, 0.3) is 0 Å². The van der Waals surface area contributed by atoms with Crippen molar-refractivity contribution >= 4 is 17.3 Å². The molecule has 0 aromatic heterocycles. The van der Waals surface area contributed by atoms with Gasteiger partial charge in [0.25, 0.3) is 5.91 Å². The highest BCUT2D eigenvalue weighted by Gasteiger charge is 2.40. The van der Waals surface area contributed by atoms with Gasteiger partial charge < -0.3 is 15.0 Å². The second-order valence-electron chi connectivity index (χ2n) is 8.72. The number of piperidine rings is 1. The van der Waals surface area contributed by atoms with Crippen LogP contribution >= 0.6 is 0 Å². The van der Waals surface area contributed by atoms with Crippen LogP contribution in [0.15, 0.2) is 29.4 Å². The molecule has 1 N–H and O–H groups in total. The van der Waals surface area contributed by atoms with Gasteiger partial charge in [-0.2, -0.15) is 0 Å². The Labute approximate surface area is 162 Å². The summed E-state index contributed by atoms with van der Waals surface area (Å²) in [4.78, 5) is 17.3. The number of anilines is 1. The normalized spacial score (nSPS) is 28.9. The summed E-state index contributed by atoms with van der Waals surface area (Å²) in [7, 11) is 0. The molecule has 1 amide bonds. The molecule has 0 radical (unpaired) electrons. The molecule has 5 heteroatoms. The lowest BCUT2D eigenvalue weighted by atomic mass is 9.79. The summed E-state index contributed by atoms with van der Waals surface area (Å²) in [6.07, 6.45) is 7.33. The van der Waals surface area contributed by atoms with Crippen molar-refractivity contribution in [3.05, 3.63) is 29.8 Å². The van der Waals surface area contributed by atoms with Crippen molar-refractivity contribution in [3.8, 4) is 0 Å². The van der Waals surface area contributed by atoms with Crippen molar-refractivity contribution in [2.75, 3.05) is 18.0 Å². The van der Waals surface area contributed by atoms with E-state index in [1.54, 1.807) is 0 Å². The fourth-order valence-electron chi connectivity index (χ4n) is 5.32. The van der Waals surface area contributed by atoms with Gasteiger partial charge in [0, 0.05) is 30.7 Å². The molecule has 146 valence electrons. The lowest BCUT2D eigenvalue weighted by Gasteiger charge is -2.43. The SMILES string of the molecule is CC(C)[C@H]1CC[C@H](N2CCC(N3C(=O)/C(=N\O)c4ccccc43)CC2)CC1. The smallest absolute Gasteiger partial charge is 0.281 e. The second-order valence-corrected chi connectivity index (χ2v) is 8.72. The summed E-state index contributed by atoms with van der Waals surface area (Å²) < 4.78 is 0. The van der Waals surface area contributed by atoms with Crippen LogP contribution in [0, 0.1) is 11.8 Å². The fourth-order valence-corrected chi connectivity index (χ4v) is 5.32. The van der Waals surface area contributed by atoms with E-state index in [0.717, 1.165) is 55.1 Å². The Balaban J connectivity index is 1.40. The third kappa shape index (κ3) is 3.38. The quantitative estimate of drug-likeness (QED) is 0.650. The average Bonchev–Trinajstić information content (AvgIpc) is 2.99. The Morgan fingerprint density at radius 2 is 1.67 bits per heavy atom. The Morgan fingerprint density at radius 1 is 1.00 bits per heavy atom. The molecule has 0 bridgehead atoms. The van der Waals surface area contributed by atoms with E-state index in [-0.39, 0.29) is 17.7 Å². The summed E-state index contributed by atoms with van der Waals surface area (Å²) in [5, 5.41) is 12.6. The first-order valence-corrected chi connectivity index (χ1v) is 10.5. The fraction of sp³-hybridized carbons (Fsp3) is 0.636. The standard InChI is InChI=1S/C22H31N3O2/c1-15(2)16-7-9-17(10-8-16)24-13-11-18(12-14-24)25-20-6-4-3-5-19(20)21(23-27)22(25)26/h3-6,15-18,27H,7-14H2,1-2H3/b23-21-/t16-,17-. The Bertz CT molecular complexity index is 714. The van der Waals surface area contributed by atoms with Gasteiger partial charge in [-0.1, -0.05) is 37.2 Å². The molecule has 0 atom stereocenters. The highest BCUT2D eigenvalue weighted by molar-refractivity contribution is 6.54. The van der Waals surface area contributed by atoms with Gasteiger partial charge >= 0.3 is 0 Å². The first-order valence-electron chi connectivity index (χ1n) is 10.5. The van der Waals surface area contributed by atoms with E-state index >= 15 is 0 Å². The molecule has 27 heavy (non-hydrogen) atoms. The van der Waals surface area contributed by atoms with E-state index in [4.69, 9.17) is 0 Å². The molecule has 1 aromatic rings. The molecule has 5 nitrogen and oxygen atoms in total. The van der Waals surface area contributed by atoms with E-state index in [2.05, 4.69) is 23.9 Å². The van der Waals surface area contributed by atoms with Crippen molar-refractivity contribution in [1.29, 1.82) is 0 Å². The van der Waals surface area contributed by atoms with Crippen LogP contribution in [0.3, 0.4) is 0 Å². The van der Waals surface area contributed by atoms with E-state index < -0.39 is 0 Å². The molecular weight excluding hydrogens is 338 g/mol. The number of nitrogens with zero attached hydrogens (tertiary/aromatic N) is 3. The molecule has 2 aliphatic heterocycles.